The third kappa shape index (κ3) is 3.05. The summed E-state index contributed by atoms with van der Waals surface area (Å²) in [5.41, 5.74) is 0.108. The van der Waals surface area contributed by atoms with Crippen molar-refractivity contribution in [1.82, 2.24) is 0 Å². The highest BCUT2D eigenvalue weighted by Crippen LogP contribution is 2.29. The van der Waals surface area contributed by atoms with Crippen LogP contribution in [0.15, 0.2) is 36.4 Å². The Balaban J connectivity index is 2.40. The molecule has 0 aromatic heterocycles. The molecule has 0 saturated carbocycles. The molecule has 0 aliphatic rings. The molecule has 0 fully saturated rings. The zero-order valence-electron chi connectivity index (χ0n) is 9.93. The number of ether oxygens (including phenoxy) is 1. The smallest absolute Gasteiger partial charge is 0.339 e. The van der Waals surface area contributed by atoms with Crippen molar-refractivity contribution in [2.75, 3.05) is 0 Å². The van der Waals surface area contributed by atoms with Gasteiger partial charge in [0.25, 0.3) is 0 Å². The number of carboxylic acids is 1. The van der Waals surface area contributed by atoms with Crippen LogP contribution in [-0.4, -0.2) is 11.1 Å². The average molecular weight is 383 g/mol. The summed E-state index contributed by atoms with van der Waals surface area (Å²) in [4.78, 5) is 11.1. The van der Waals surface area contributed by atoms with Crippen LogP contribution in [0.4, 0.5) is 4.39 Å². The zero-order chi connectivity index (χ0) is 14.7. The van der Waals surface area contributed by atoms with Gasteiger partial charge in [-0.05, 0) is 59.0 Å². The SMILES string of the molecule is N#Cc1ccc(Oc2ccc(I)cc2C(=O)O)c(F)c1. The fourth-order valence-corrected chi connectivity index (χ4v) is 2.02. The second-order valence-corrected chi connectivity index (χ2v) is 5.05. The molecule has 0 atom stereocenters. The first-order chi connectivity index (χ1) is 9.51. The first-order valence-electron chi connectivity index (χ1n) is 5.41. The van der Waals surface area contributed by atoms with E-state index in [4.69, 9.17) is 15.1 Å². The highest BCUT2D eigenvalue weighted by molar-refractivity contribution is 14.1. The minimum absolute atomic E-state index is 0.0431. The minimum Gasteiger partial charge on any atom is -0.478 e. The summed E-state index contributed by atoms with van der Waals surface area (Å²) in [5.74, 6) is -1.97. The first-order valence-corrected chi connectivity index (χ1v) is 6.49. The number of carbonyl (C=O) groups is 1. The molecule has 2 aromatic carbocycles. The summed E-state index contributed by atoms with van der Waals surface area (Å²) in [6.45, 7) is 0. The van der Waals surface area contributed by atoms with Crippen LogP contribution in [0.1, 0.15) is 15.9 Å². The second kappa shape index (κ2) is 5.88. The fraction of sp³-hybridized carbons (Fsp3) is 0. The van der Waals surface area contributed by atoms with E-state index in [0.717, 1.165) is 9.64 Å². The van der Waals surface area contributed by atoms with E-state index in [2.05, 4.69) is 0 Å². The number of aromatic carboxylic acids is 1. The molecule has 0 heterocycles. The third-order valence-electron chi connectivity index (χ3n) is 2.45. The molecule has 0 aliphatic heterocycles. The molecule has 6 heteroatoms. The highest BCUT2D eigenvalue weighted by atomic mass is 127. The summed E-state index contributed by atoms with van der Waals surface area (Å²) in [6, 6.07) is 10.1. The lowest BCUT2D eigenvalue weighted by atomic mass is 10.2. The van der Waals surface area contributed by atoms with E-state index in [1.165, 1.54) is 24.3 Å². The quantitative estimate of drug-likeness (QED) is 0.819. The molecule has 0 unspecified atom stereocenters. The molecule has 1 N–H and O–H groups in total. The van der Waals surface area contributed by atoms with Crippen molar-refractivity contribution >= 4 is 28.6 Å². The lowest BCUT2D eigenvalue weighted by molar-refractivity contribution is 0.0694. The molecule has 2 rings (SSSR count). The van der Waals surface area contributed by atoms with Crippen LogP contribution in [0.5, 0.6) is 11.5 Å². The predicted octanol–water partition coefficient (Wildman–Crippen LogP) is 3.79. The summed E-state index contributed by atoms with van der Waals surface area (Å²) < 4.78 is 19.7. The van der Waals surface area contributed by atoms with Crippen molar-refractivity contribution in [3.63, 3.8) is 0 Å². The molecule has 4 nitrogen and oxygen atoms in total. The van der Waals surface area contributed by atoms with Crippen LogP contribution < -0.4 is 4.74 Å². The summed E-state index contributed by atoms with van der Waals surface area (Å²) in [7, 11) is 0. The maximum atomic E-state index is 13.7. The Labute approximate surface area is 127 Å². The molecule has 2 aromatic rings. The van der Waals surface area contributed by atoms with E-state index in [0.29, 0.717) is 0 Å². The van der Waals surface area contributed by atoms with E-state index in [1.54, 1.807) is 12.1 Å². The number of hydrogen-bond acceptors (Lipinski definition) is 3. The van der Waals surface area contributed by atoms with Gasteiger partial charge >= 0.3 is 5.97 Å². The summed E-state index contributed by atoms with van der Waals surface area (Å²) in [6.07, 6.45) is 0. The topological polar surface area (TPSA) is 70.3 Å². The Kier molecular flexibility index (Phi) is 4.20. The van der Waals surface area contributed by atoms with E-state index in [1.807, 2.05) is 22.6 Å². The zero-order valence-corrected chi connectivity index (χ0v) is 12.1. The number of rotatable bonds is 3. The maximum Gasteiger partial charge on any atom is 0.339 e. The van der Waals surface area contributed by atoms with Crippen LogP contribution >= 0.6 is 22.6 Å². The van der Waals surface area contributed by atoms with Crippen molar-refractivity contribution in [3.05, 3.63) is 56.9 Å². The van der Waals surface area contributed by atoms with Crippen molar-refractivity contribution in [2.24, 2.45) is 0 Å². The number of hydrogen-bond donors (Lipinski definition) is 1. The Morgan fingerprint density at radius 3 is 2.55 bits per heavy atom. The van der Waals surface area contributed by atoms with Crippen molar-refractivity contribution in [1.29, 1.82) is 5.26 Å². The van der Waals surface area contributed by atoms with Crippen molar-refractivity contribution < 1.29 is 19.0 Å². The van der Waals surface area contributed by atoms with Crippen molar-refractivity contribution in [3.8, 4) is 17.6 Å². The minimum atomic E-state index is -1.16. The number of benzene rings is 2. The van der Waals surface area contributed by atoms with Gasteiger partial charge in [-0.2, -0.15) is 5.26 Å². The Morgan fingerprint density at radius 2 is 1.95 bits per heavy atom. The molecule has 20 heavy (non-hydrogen) atoms. The van der Waals surface area contributed by atoms with E-state index >= 15 is 0 Å². The standard InChI is InChI=1S/C14H7FINO3/c15-11-5-8(7-17)1-3-13(11)20-12-4-2-9(16)6-10(12)14(18)19/h1-6H,(H,18,19). The van der Waals surface area contributed by atoms with Gasteiger partial charge in [-0.1, -0.05) is 0 Å². The van der Waals surface area contributed by atoms with Gasteiger partial charge in [-0.25, -0.2) is 9.18 Å². The summed E-state index contributed by atoms with van der Waals surface area (Å²) in [5, 5.41) is 17.8. The van der Waals surface area contributed by atoms with Crippen LogP contribution in [0.2, 0.25) is 0 Å². The monoisotopic (exact) mass is 383 g/mol. The van der Waals surface area contributed by atoms with Crippen LogP contribution in [0.25, 0.3) is 0 Å². The van der Waals surface area contributed by atoms with Gasteiger partial charge < -0.3 is 9.84 Å². The largest absolute Gasteiger partial charge is 0.478 e. The molecule has 0 radical (unpaired) electrons. The molecule has 100 valence electrons. The molecule has 0 aliphatic carbocycles. The van der Waals surface area contributed by atoms with Gasteiger partial charge in [0.2, 0.25) is 0 Å². The number of carboxylic acid groups (broad SMARTS) is 1. The Morgan fingerprint density at radius 1 is 1.25 bits per heavy atom. The third-order valence-corrected chi connectivity index (χ3v) is 3.12. The van der Waals surface area contributed by atoms with Gasteiger partial charge in [0.05, 0.1) is 11.6 Å². The van der Waals surface area contributed by atoms with Gasteiger partial charge in [-0.15, -0.1) is 0 Å². The van der Waals surface area contributed by atoms with E-state index < -0.39 is 11.8 Å². The average Bonchev–Trinajstić information content (AvgIpc) is 2.42. The molecular weight excluding hydrogens is 376 g/mol. The summed E-state index contributed by atoms with van der Waals surface area (Å²) >= 11 is 1.97. The van der Waals surface area contributed by atoms with Crippen molar-refractivity contribution in [2.45, 2.75) is 0 Å². The second-order valence-electron chi connectivity index (χ2n) is 3.80. The maximum absolute atomic E-state index is 13.7. The van der Waals surface area contributed by atoms with Crippen LogP contribution in [-0.2, 0) is 0 Å². The van der Waals surface area contributed by atoms with Crippen LogP contribution in [0.3, 0.4) is 0 Å². The first kappa shape index (κ1) is 14.3. The number of nitriles is 1. The Hall–Kier alpha value is -2.14. The number of halogens is 2. The van der Waals surface area contributed by atoms with E-state index in [9.17, 15) is 9.18 Å². The predicted molar refractivity (Wildman–Crippen MR) is 77.3 cm³/mol. The number of nitrogens with zero attached hydrogens (tertiary/aromatic N) is 1. The molecule has 0 spiro atoms. The molecule has 0 amide bonds. The molecule has 0 bridgehead atoms. The van der Waals surface area contributed by atoms with Gasteiger partial charge in [0.15, 0.2) is 11.6 Å². The van der Waals surface area contributed by atoms with Gasteiger partial charge in [-0.3, -0.25) is 0 Å². The normalized spacial score (nSPS) is 9.85. The highest BCUT2D eigenvalue weighted by Gasteiger charge is 2.14. The lowest BCUT2D eigenvalue weighted by Gasteiger charge is -2.10. The van der Waals surface area contributed by atoms with Gasteiger partial charge in [0, 0.05) is 3.57 Å². The Bertz CT molecular complexity index is 725. The molecule has 0 saturated heterocycles. The van der Waals surface area contributed by atoms with E-state index in [-0.39, 0.29) is 22.6 Å². The van der Waals surface area contributed by atoms with Crippen LogP contribution in [0, 0.1) is 20.7 Å². The van der Waals surface area contributed by atoms with Gasteiger partial charge in [0.1, 0.15) is 11.3 Å². The molecular formula is C14H7FINO3. The lowest BCUT2D eigenvalue weighted by Crippen LogP contribution is -2.01. The fourth-order valence-electron chi connectivity index (χ4n) is 1.53.